The minimum Gasteiger partial charge on any atom is -0.495 e. The molecule has 2 rings (SSSR count). The fourth-order valence-corrected chi connectivity index (χ4v) is 2.33. The van der Waals surface area contributed by atoms with E-state index in [1.54, 1.807) is 26.6 Å². The normalized spacial score (nSPS) is 19.5. The topological polar surface area (TPSA) is 57.4 Å². The Labute approximate surface area is 102 Å². The Hall–Kier alpha value is -1.13. The van der Waals surface area contributed by atoms with Gasteiger partial charge in [-0.3, -0.25) is 4.98 Å². The van der Waals surface area contributed by atoms with Gasteiger partial charge >= 0.3 is 0 Å². The van der Waals surface area contributed by atoms with Crippen LogP contribution in [0, 0.1) is 0 Å². The highest BCUT2D eigenvalue weighted by Crippen LogP contribution is 2.41. The molecular weight excluding hydrogens is 216 g/mol. The molecule has 0 amide bonds. The van der Waals surface area contributed by atoms with Crippen molar-refractivity contribution in [3.63, 3.8) is 0 Å². The molecule has 1 aromatic heterocycles. The van der Waals surface area contributed by atoms with E-state index in [4.69, 9.17) is 15.2 Å². The number of nitrogens with two attached hydrogens (primary N) is 1. The van der Waals surface area contributed by atoms with Crippen LogP contribution in [-0.4, -0.2) is 24.8 Å². The molecule has 4 nitrogen and oxygen atoms in total. The van der Waals surface area contributed by atoms with E-state index in [0.717, 1.165) is 30.6 Å². The summed E-state index contributed by atoms with van der Waals surface area (Å²) in [5, 5.41) is 0. The minimum atomic E-state index is -0.0437. The van der Waals surface area contributed by atoms with Crippen LogP contribution in [0.25, 0.3) is 0 Å². The first-order valence-corrected chi connectivity index (χ1v) is 5.99. The zero-order chi connectivity index (χ0) is 12.3. The molecular formula is C13H20N2O2. The third kappa shape index (κ3) is 2.58. The maximum absolute atomic E-state index is 6.21. The molecule has 1 aliphatic carbocycles. The number of hydrogen-bond donors (Lipinski definition) is 1. The molecule has 1 saturated carbocycles. The molecule has 1 aliphatic rings. The maximum atomic E-state index is 6.21. The molecule has 94 valence electrons. The van der Waals surface area contributed by atoms with E-state index in [1.165, 1.54) is 6.42 Å². The number of pyridine rings is 1. The molecule has 1 unspecified atom stereocenters. The summed E-state index contributed by atoms with van der Waals surface area (Å²) in [5.74, 6) is 0.748. The molecule has 4 heteroatoms. The predicted octanol–water partition coefficient (Wildman–Crippen LogP) is 2.05. The van der Waals surface area contributed by atoms with Gasteiger partial charge in [0.1, 0.15) is 5.75 Å². The van der Waals surface area contributed by atoms with Crippen LogP contribution in [0.5, 0.6) is 5.75 Å². The zero-order valence-corrected chi connectivity index (χ0v) is 10.5. The molecule has 0 saturated heterocycles. The Balaban J connectivity index is 2.05. The van der Waals surface area contributed by atoms with Crippen molar-refractivity contribution in [3.05, 3.63) is 24.0 Å². The fraction of sp³-hybridized carbons (Fsp3) is 0.615. The average molecular weight is 236 g/mol. The van der Waals surface area contributed by atoms with Crippen LogP contribution < -0.4 is 10.5 Å². The van der Waals surface area contributed by atoms with Crippen molar-refractivity contribution in [2.45, 2.75) is 37.3 Å². The highest BCUT2D eigenvalue weighted by Gasteiger charge is 2.38. The molecule has 1 heterocycles. The number of rotatable bonds is 5. The van der Waals surface area contributed by atoms with E-state index in [-0.39, 0.29) is 11.6 Å². The van der Waals surface area contributed by atoms with Gasteiger partial charge in [-0.2, -0.15) is 0 Å². The summed E-state index contributed by atoms with van der Waals surface area (Å²) in [6, 6.07) is 1.90. The minimum absolute atomic E-state index is 0.0114. The number of aromatic nitrogens is 1. The first kappa shape index (κ1) is 12.3. The summed E-state index contributed by atoms with van der Waals surface area (Å²) in [6.45, 7) is 0. The van der Waals surface area contributed by atoms with Crippen molar-refractivity contribution >= 4 is 0 Å². The second kappa shape index (κ2) is 5.02. The highest BCUT2D eigenvalue weighted by molar-refractivity contribution is 5.26. The quantitative estimate of drug-likeness (QED) is 0.850. The Morgan fingerprint density at radius 3 is 2.71 bits per heavy atom. The summed E-state index contributed by atoms with van der Waals surface area (Å²) in [7, 11) is 3.41. The molecule has 2 N–H and O–H groups in total. The molecule has 1 atom stereocenters. The first-order valence-electron chi connectivity index (χ1n) is 5.99. The Bertz CT molecular complexity index is 372. The molecule has 0 radical (unpaired) electrons. The van der Waals surface area contributed by atoms with Crippen LogP contribution in [0.1, 0.15) is 37.3 Å². The van der Waals surface area contributed by atoms with Crippen LogP contribution in [-0.2, 0) is 4.74 Å². The highest BCUT2D eigenvalue weighted by atomic mass is 16.5. The SMILES string of the molecule is COc1cncc(C(N)CC2(OC)CCC2)c1. The van der Waals surface area contributed by atoms with Gasteiger partial charge in [0.2, 0.25) is 0 Å². The number of methoxy groups -OCH3 is 2. The predicted molar refractivity (Wildman–Crippen MR) is 65.9 cm³/mol. The zero-order valence-electron chi connectivity index (χ0n) is 10.5. The molecule has 0 spiro atoms. The average Bonchev–Trinajstić information content (AvgIpc) is 2.33. The van der Waals surface area contributed by atoms with E-state index >= 15 is 0 Å². The standard InChI is InChI=1S/C13H20N2O2/c1-16-11-6-10(8-15-9-11)12(14)7-13(17-2)4-3-5-13/h6,8-9,12H,3-5,7,14H2,1-2H3. The summed E-state index contributed by atoms with van der Waals surface area (Å²) < 4.78 is 10.7. The van der Waals surface area contributed by atoms with Gasteiger partial charge < -0.3 is 15.2 Å². The molecule has 1 aromatic rings. The van der Waals surface area contributed by atoms with Gasteiger partial charge in [0.15, 0.2) is 0 Å². The molecule has 17 heavy (non-hydrogen) atoms. The second-order valence-corrected chi connectivity index (χ2v) is 4.71. The second-order valence-electron chi connectivity index (χ2n) is 4.71. The van der Waals surface area contributed by atoms with Gasteiger partial charge in [-0.15, -0.1) is 0 Å². The fourth-order valence-electron chi connectivity index (χ4n) is 2.33. The number of ether oxygens (including phenoxy) is 2. The van der Waals surface area contributed by atoms with E-state index < -0.39 is 0 Å². The summed E-state index contributed by atoms with van der Waals surface area (Å²) in [4.78, 5) is 4.13. The van der Waals surface area contributed by atoms with E-state index in [0.29, 0.717) is 0 Å². The monoisotopic (exact) mass is 236 g/mol. The maximum Gasteiger partial charge on any atom is 0.137 e. The van der Waals surface area contributed by atoms with Crippen LogP contribution in [0.15, 0.2) is 18.5 Å². The first-order chi connectivity index (χ1) is 8.19. The summed E-state index contributed by atoms with van der Waals surface area (Å²) in [6.07, 6.45) is 7.78. The van der Waals surface area contributed by atoms with Crippen molar-refractivity contribution < 1.29 is 9.47 Å². The lowest BCUT2D eigenvalue weighted by Gasteiger charge is -2.42. The summed E-state index contributed by atoms with van der Waals surface area (Å²) >= 11 is 0. The largest absolute Gasteiger partial charge is 0.495 e. The van der Waals surface area contributed by atoms with E-state index in [9.17, 15) is 0 Å². The van der Waals surface area contributed by atoms with Gasteiger partial charge in [0.25, 0.3) is 0 Å². The van der Waals surface area contributed by atoms with Gasteiger partial charge in [-0.1, -0.05) is 0 Å². The van der Waals surface area contributed by atoms with E-state index in [2.05, 4.69) is 4.98 Å². The van der Waals surface area contributed by atoms with Crippen molar-refractivity contribution in [3.8, 4) is 5.75 Å². The third-order valence-electron chi connectivity index (χ3n) is 3.69. The Morgan fingerprint density at radius 2 is 2.18 bits per heavy atom. The lowest BCUT2D eigenvalue weighted by molar-refractivity contribution is -0.0817. The van der Waals surface area contributed by atoms with Crippen LogP contribution in [0.4, 0.5) is 0 Å². The van der Waals surface area contributed by atoms with Crippen LogP contribution in [0.2, 0.25) is 0 Å². The molecule has 0 bridgehead atoms. The smallest absolute Gasteiger partial charge is 0.137 e. The molecule has 0 aromatic carbocycles. The summed E-state index contributed by atoms with van der Waals surface area (Å²) in [5.41, 5.74) is 7.21. The van der Waals surface area contributed by atoms with Gasteiger partial charge in [-0.25, -0.2) is 0 Å². The number of nitrogens with zero attached hydrogens (tertiary/aromatic N) is 1. The lowest BCUT2D eigenvalue weighted by Crippen LogP contribution is -2.41. The van der Waals surface area contributed by atoms with Gasteiger partial charge in [0.05, 0.1) is 18.9 Å². The van der Waals surface area contributed by atoms with Crippen molar-refractivity contribution in [2.24, 2.45) is 5.73 Å². The van der Waals surface area contributed by atoms with E-state index in [1.807, 2.05) is 6.07 Å². The van der Waals surface area contributed by atoms with Crippen LogP contribution in [0.3, 0.4) is 0 Å². The van der Waals surface area contributed by atoms with Crippen LogP contribution >= 0.6 is 0 Å². The van der Waals surface area contributed by atoms with Crippen molar-refractivity contribution in [1.29, 1.82) is 0 Å². The van der Waals surface area contributed by atoms with Gasteiger partial charge in [-0.05, 0) is 37.3 Å². The number of hydrogen-bond acceptors (Lipinski definition) is 4. The van der Waals surface area contributed by atoms with Gasteiger partial charge in [0, 0.05) is 19.3 Å². The molecule has 0 aliphatic heterocycles. The Morgan fingerprint density at radius 1 is 1.41 bits per heavy atom. The molecule has 1 fully saturated rings. The Kier molecular flexibility index (Phi) is 3.64. The van der Waals surface area contributed by atoms with Crippen molar-refractivity contribution in [2.75, 3.05) is 14.2 Å². The third-order valence-corrected chi connectivity index (χ3v) is 3.69. The lowest BCUT2D eigenvalue weighted by atomic mass is 9.75. The van der Waals surface area contributed by atoms with Crippen molar-refractivity contribution in [1.82, 2.24) is 4.98 Å².